The maximum Gasteiger partial charge on any atom is 0.203 e. The minimum absolute atomic E-state index is 0.0178. The lowest BCUT2D eigenvalue weighted by Crippen LogP contribution is -2.12. The van der Waals surface area contributed by atoms with Crippen molar-refractivity contribution < 1.29 is 23.3 Å². The zero-order chi connectivity index (χ0) is 25.8. The van der Waals surface area contributed by atoms with Gasteiger partial charge in [0.1, 0.15) is 5.75 Å². The van der Waals surface area contributed by atoms with Crippen LogP contribution in [0.1, 0.15) is 57.2 Å². The van der Waals surface area contributed by atoms with E-state index in [-0.39, 0.29) is 17.1 Å². The number of hydrogen-bond donors (Lipinski definition) is 1. The summed E-state index contributed by atoms with van der Waals surface area (Å²) in [6.45, 7) is 14.4. The lowest BCUT2D eigenvalue weighted by atomic mass is 10.1. The topological polar surface area (TPSA) is 72.8 Å². The van der Waals surface area contributed by atoms with Gasteiger partial charge in [-0.05, 0) is 69.7 Å². The van der Waals surface area contributed by atoms with Crippen LogP contribution in [-0.4, -0.2) is 43.0 Å². The molecule has 0 bridgehead atoms. The predicted octanol–water partition coefficient (Wildman–Crippen LogP) is 7.92. The number of aromatic hydroxyl groups is 1. The highest BCUT2D eigenvalue weighted by Gasteiger charge is 2.28. The largest absolute Gasteiger partial charge is 0.508 e. The number of hydrogen-bond acceptors (Lipinski definition) is 5. The SMILES string of the molecule is CCOP(C)(=O)[C@@H](CC)Cc1cccc(C)c1.CCOP(C)(=O)[C@@H](CC)Cc1cccc(O)c1. The van der Waals surface area contributed by atoms with Crippen molar-refractivity contribution in [1.82, 2.24) is 0 Å². The van der Waals surface area contributed by atoms with E-state index in [1.165, 1.54) is 11.1 Å². The first-order chi connectivity index (χ1) is 16.0. The van der Waals surface area contributed by atoms with Crippen LogP contribution in [0, 0.1) is 6.92 Å². The quantitative estimate of drug-likeness (QED) is 0.294. The van der Waals surface area contributed by atoms with Gasteiger partial charge in [0.25, 0.3) is 0 Å². The molecule has 7 heteroatoms. The van der Waals surface area contributed by atoms with Crippen LogP contribution in [0.25, 0.3) is 0 Å². The first-order valence-corrected chi connectivity index (χ1v) is 16.5. The number of phenolic OH excluding ortho intramolecular Hbond substituents is 1. The van der Waals surface area contributed by atoms with Crippen molar-refractivity contribution in [3.8, 4) is 5.75 Å². The lowest BCUT2D eigenvalue weighted by molar-refractivity contribution is 0.327. The van der Waals surface area contributed by atoms with Crippen molar-refractivity contribution in [1.29, 1.82) is 0 Å². The summed E-state index contributed by atoms with van der Waals surface area (Å²) in [5, 5.41) is 9.40. The second-order valence-electron chi connectivity index (χ2n) is 8.84. The van der Waals surface area contributed by atoms with E-state index in [0.717, 1.165) is 24.8 Å². The molecule has 34 heavy (non-hydrogen) atoms. The lowest BCUT2D eigenvalue weighted by Gasteiger charge is -2.23. The maximum atomic E-state index is 12.4. The summed E-state index contributed by atoms with van der Waals surface area (Å²) < 4.78 is 35.6. The van der Waals surface area contributed by atoms with E-state index in [1.807, 2.05) is 26.8 Å². The second-order valence-corrected chi connectivity index (χ2v) is 14.5. The predicted molar refractivity (Wildman–Crippen MR) is 145 cm³/mol. The molecule has 2 rings (SSSR count). The minimum Gasteiger partial charge on any atom is -0.508 e. The molecular weight excluding hydrogens is 466 g/mol. The van der Waals surface area contributed by atoms with Crippen LogP contribution in [0.15, 0.2) is 48.5 Å². The van der Waals surface area contributed by atoms with E-state index in [4.69, 9.17) is 9.05 Å². The van der Waals surface area contributed by atoms with Gasteiger partial charge >= 0.3 is 0 Å². The molecule has 0 aromatic heterocycles. The monoisotopic (exact) mass is 510 g/mol. The summed E-state index contributed by atoms with van der Waals surface area (Å²) in [6.07, 6.45) is 3.22. The molecular formula is C27H44O5P2. The molecule has 0 amide bonds. The van der Waals surface area contributed by atoms with Crippen molar-refractivity contribution in [2.45, 2.75) is 71.6 Å². The van der Waals surface area contributed by atoms with Crippen LogP contribution < -0.4 is 0 Å². The molecule has 4 atom stereocenters. The molecule has 0 saturated heterocycles. The Bertz CT molecular complexity index is 882. The molecule has 192 valence electrons. The fourth-order valence-corrected chi connectivity index (χ4v) is 7.93. The Hall–Kier alpha value is -1.38. The summed E-state index contributed by atoms with van der Waals surface area (Å²) in [7, 11) is -5.05. The molecule has 0 fully saturated rings. The molecule has 0 saturated carbocycles. The number of rotatable bonds is 12. The minimum atomic E-state index is -2.56. The van der Waals surface area contributed by atoms with Gasteiger partial charge in [-0.25, -0.2) is 0 Å². The highest BCUT2D eigenvalue weighted by molar-refractivity contribution is 7.59. The Morgan fingerprint density at radius 1 is 0.765 bits per heavy atom. The van der Waals surface area contributed by atoms with Crippen molar-refractivity contribution in [2.24, 2.45) is 0 Å². The molecule has 0 aliphatic heterocycles. The molecule has 0 spiro atoms. The van der Waals surface area contributed by atoms with E-state index < -0.39 is 14.7 Å². The number of aryl methyl sites for hydroxylation is 1. The van der Waals surface area contributed by atoms with Crippen molar-refractivity contribution in [3.63, 3.8) is 0 Å². The van der Waals surface area contributed by atoms with Crippen LogP contribution in [0.5, 0.6) is 5.75 Å². The van der Waals surface area contributed by atoms with Gasteiger partial charge in [0, 0.05) is 24.6 Å². The molecule has 2 aromatic rings. The van der Waals surface area contributed by atoms with Crippen LogP contribution >= 0.6 is 14.7 Å². The fraction of sp³-hybridized carbons (Fsp3) is 0.556. The first kappa shape index (κ1) is 30.7. The molecule has 5 nitrogen and oxygen atoms in total. The van der Waals surface area contributed by atoms with Crippen molar-refractivity contribution in [3.05, 3.63) is 65.2 Å². The zero-order valence-electron chi connectivity index (χ0n) is 22.0. The van der Waals surface area contributed by atoms with Gasteiger partial charge in [0.05, 0.1) is 13.2 Å². The van der Waals surface area contributed by atoms with Crippen LogP contribution in [-0.2, 0) is 31.0 Å². The molecule has 0 radical (unpaired) electrons. The van der Waals surface area contributed by atoms with Crippen molar-refractivity contribution in [2.75, 3.05) is 26.5 Å². The third kappa shape index (κ3) is 10.5. The second kappa shape index (κ2) is 14.9. The van der Waals surface area contributed by atoms with Gasteiger partial charge in [-0.15, -0.1) is 0 Å². The fourth-order valence-electron chi connectivity index (χ4n) is 4.07. The van der Waals surface area contributed by atoms with Crippen LogP contribution in [0.2, 0.25) is 0 Å². The highest BCUT2D eigenvalue weighted by atomic mass is 31.2. The van der Waals surface area contributed by atoms with Gasteiger partial charge in [-0.1, -0.05) is 55.8 Å². The van der Waals surface area contributed by atoms with Gasteiger partial charge in [0.15, 0.2) is 0 Å². The van der Waals surface area contributed by atoms with Gasteiger partial charge in [-0.2, -0.15) is 0 Å². The zero-order valence-corrected chi connectivity index (χ0v) is 23.8. The Morgan fingerprint density at radius 2 is 1.21 bits per heavy atom. The van der Waals surface area contributed by atoms with E-state index in [9.17, 15) is 14.2 Å². The maximum absolute atomic E-state index is 12.4. The summed E-state index contributed by atoms with van der Waals surface area (Å²) >= 11 is 0. The van der Waals surface area contributed by atoms with Crippen LogP contribution in [0.4, 0.5) is 0 Å². The molecule has 0 heterocycles. The summed E-state index contributed by atoms with van der Waals surface area (Å²) in [4.78, 5) is 0. The van der Waals surface area contributed by atoms with E-state index in [2.05, 4.69) is 38.1 Å². The average Bonchev–Trinajstić information content (AvgIpc) is 2.76. The van der Waals surface area contributed by atoms with Crippen LogP contribution in [0.3, 0.4) is 0 Å². The third-order valence-electron chi connectivity index (χ3n) is 5.98. The molecule has 2 aromatic carbocycles. The third-order valence-corrected chi connectivity index (χ3v) is 11.3. The van der Waals surface area contributed by atoms with Crippen molar-refractivity contribution >= 4 is 14.7 Å². The van der Waals surface area contributed by atoms with Gasteiger partial charge in [-0.3, -0.25) is 9.13 Å². The standard InChI is InChI=1S/C14H23O2P.C13H21O3P/c1-5-14(17(4,15)16-6-2)11-13-9-7-8-12(3)10-13;1-4-13(17(3,15)16-5-2)10-11-7-6-8-12(14)9-11/h7-10,14H,5-6,11H2,1-4H3;6-9,13-14H,4-5,10H2,1-3H3/t14-,17?;13-,17?/m00/s1. The average molecular weight is 511 g/mol. The van der Waals surface area contributed by atoms with E-state index >= 15 is 0 Å². The molecule has 2 unspecified atom stereocenters. The highest BCUT2D eigenvalue weighted by Crippen LogP contribution is 2.51. The Morgan fingerprint density at radius 3 is 1.59 bits per heavy atom. The normalized spacial score (nSPS) is 16.4. The van der Waals surface area contributed by atoms with E-state index in [0.29, 0.717) is 19.6 Å². The first-order valence-electron chi connectivity index (χ1n) is 12.3. The van der Waals surface area contributed by atoms with E-state index in [1.54, 1.807) is 31.5 Å². The Labute approximate surface area is 207 Å². The number of benzene rings is 2. The van der Waals surface area contributed by atoms with Gasteiger partial charge in [0.2, 0.25) is 14.7 Å². The molecule has 0 aliphatic rings. The van der Waals surface area contributed by atoms with Gasteiger partial charge < -0.3 is 14.2 Å². The Kier molecular flexibility index (Phi) is 13.4. The smallest absolute Gasteiger partial charge is 0.203 e. The summed E-state index contributed by atoms with van der Waals surface area (Å²) in [5.74, 6) is 0.250. The molecule has 1 N–H and O–H groups in total. The summed E-state index contributed by atoms with van der Waals surface area (Å²) in [5.41, 5.74) is 3.64. The summed E-state index contributed by atoms with van der Waals surface area (Å²) in [6, 6.07) is 15.5. The number of phenols is 1. The Balaban J connectivity index is 0.000000340. The molecule has 0 aliphatic carbocycles.